The molecule has 0 unspecified atom stereocenters. The van der Waals surface area contributed by atoms with Crippen LogP contribution in [0.2, 0.25) is 0 Å². The van der Waals surface area contributed by atoms with Crippen LogP contribution >= 0.6 is 0 Å². The van der Waals surface area contributed by atoms with Gasteiger partial charge in [0.05, 0.1) is 6.54 Å². The van der Waals surface area contributed by atoms with Crippen molar-refractivity contribution in [1.29, 1.82) is 0 Å². The molecule has 0 radical (unpaired) electrons. The van der Waals surface area contributed by atoms with Gasteiger partial charge in [-0.2, -0.15) is 5.10 Å². The molecule has 1 aliphatic rings. The minimum atomic E-state index is 0.313. The summed E-state index contributed by atoms with van der Waals surface area (Å²) in [6, 6.07) is 8.52. The average molecular weight is 384 g/mol. The molecule has 1 aromatic carbocycles. The maximum atomic E-state index is 12.2. The van der Waals surface area contributed by atoms with Gasteiger partial charge in [-0.15, -0.1) is 0 Å². The summed E-state index contributed by atoms with van der Waals surface area (Å²) in [5.74, 6) is 3.11. The predicted molar refractivity (Wildman–Crippen MR) is 112 cm³/mol. The van der Waals surface area contributed by atoms with Crippen LogP contribution in [-0.4, -0.2) is 45.2 Å². The lowest BCUT2D eigenvalue weighted by Crippen LogP contribution is -2.40. The molecule has 0 spiro atoms. The third-order valence-electron chi connectivity index (χ3n) is 5.37. The highest BCUT2D eigenvalue weighted by atomic mass is 16.2. The second kappa shape index (κ2) is 9.22. The number of carbonyl (C=O) groups excluding carboxylic acids is 1. The number of nitrogens with zero attached hydrogens (tertiary/aromatic N) is 4. The lowest BCUT2D eigenvalue weighted by molar-refractivity contribution is -0.133. The fourth-order valence-corrected chi connectivity index (χ4v) is 3.79. The summed E-state index contributed by atoms with van der Waals surface area (Å²) in [7, 11) is 0. The molecule has 152 valence electrons. The number of anilines is 1. The molecule has 1 N–H and O–H groups in total. The monoisotopic (exact) mass is 383 g/mol. The first kappa shape index (κ1) is 20.4. The molecular weight excluding hydrogens is 350 g/mol. The minimum Gasteiger partial charge on any atom is -0.385 e. The van der Waals surface area contributed by atoms with E-state index in [1.54, 1.807) is 0 Å². The van der Waals surface area contributed by atoms with Gasteiger partial charge in [0.2, 0.25) is 5.91 Å². The Kier molecular flexibility index (Phi) is 6.70. The average Bonchev–Trinajstić information content (AvgIpc) is 2.97. The maximum Gasteiger partial charge on any atom is 0.222 e. The zero-order chi connectivity index (χ0) is 20.1. The van der Waals surface area contributed by atoms with Gasteiger partial charge in [0.1, 0.15) is 11.6 Å². The summed E-state index contributed by atoms with van der Waals surface area (Å²) in [6.45, 7) is 11.6. The normalized spacial score (nSPS) is 15.2. The van der Waals surface area contributed by atoms with E-state index in [0.717, 1.165) is 56.4 Å². The van der Waals surface area contributed by atoms with E-state index in [9.17, 15) is 4.79 Å². The van der Waals surface area contributed by atoms with Gasteiger partial charge in [-0.25, -0.2) is 9.67 Å². The molecule has 0 saturated carbocycles. The lowest BCUT2D eigenvalue weighted by Gasteiger charge is -2.32. The summed E-state index contributed by atoms with van der Waals surface area (Å²) in [5, 5.41) is 8.03. The second-order valence-corrected chi connectivity index (χ2v) is 8.37. The molecule has 1 aliphatic heterocycles. The number of rotatable bonds is 7. The standard InChI is InChI=1S/C22H33N5O/c1-16(2)12-22(28)26-10-8-19(9-11-26)14-23-21-7-5-6-20(13-21)15-27-18(4)24-17(3)25-27/h5-7,13,16,19,23H,8-12,14-15H2,1-4H3. The molecule has 1 saturated heterocycles. The Bertz CT molecular complexity index is 790. The van der Waals surface area contributed by atoms with E-state index in [1.165, 1.54) is 5.56 Å². The summed E-state index contributed by atoms with van der Waals surface area (Å²) >= 11 is 0. The van der Waals surface area contributed by atoms with Gasteiger partial charge in [-0.1, -0.05) is 26.0 Å². The van der Waals surface area contributed by atoms with Gasteiger partial charge in [0.15, 0.2) is 0 Å². The fourth-order valence-electron chi connectivity index (χ4n) is 3.79. The van der Waals surface area contributed by atoms with Crippen molar-refractivity contribution in [2.75, 3.05) is 25.0 Å². The zero-order valence-electron chi connectivity index (χ0n) is 17.6. The van der Waals surface area contributed by atoms with Crippen LogP contribution in [0.25, 0.3) is 0 Å². The third kappa shape index (κ3) is 5.57. The summed E-state index contributed by atoms with van der Waals surface area (Å²) < 4.78 is 1.94. The van der Waals surface area contributed by atoms with Crippen molar-refractivity contribution in [1.82, 2.24) is 19.7 Å². The molecule has 1 amide bonds. The number of aromatic nitrogens is 3. The number of aryl methyl sites for hydroxylation is 2. The van der Waals surface area contributed by atoms with Crippen LogP contribution in [0.4, 0.5) is 5.69 Å². The van der Waals surface area contributed by atoms with E-state index < -0.39 is 0 Å². The largest absolute Gasteiger partial charge is 0.385 e. The molecule has 2 heterocycles. The van der Waals surface area contributed by atoms with Crippen molar-refractivity contribution >= 4 is 11.6 Å². The van der Waals surface area contributed by atoms with Gasteiger partial charge in [-0.3, -0.25) is 4.79 Å². The zero-order valence-corrected chi connectivity index (χ0v) is 17.6. The van der Waals surface area contributed by atoms with Crippen molar-refractivity contribution in [3.8, 4) is 0 Å². The van der Waals surface area contributed by atoms with Crippen molar-refractivity contribution in [2.24, 2.45) is 11.8 Å². The first-order valence-corrected chi connectivity index (χ1v) is 10.4. The molecule has 3 rings (SSSR count). The van der Waals surface area contributed by atoms with Crippen LogP contribution in [-0.2, 0) is 11.3 Å². The van der Waals surface area contributed by atoms with Crippen LogP contribution in [0.1, 0.15) is 50.3 Å². The van der Waals surface area contributed by atoms with Gasteiger partial charge in [-0.05, 0) is 56.2 Å². The number of benzene rings is 1. The van der Waals surface area contributed by atoms with Gasteiger partial charge in [0.25, 0.3) is 0 Å². The molecule has 0 aliphatic carbocycles. The number of piperidine rings is 1. The number of hydrogen-bond donors (Lipinski definition) is 1. The molecule has 2 aromatic rings. The van der Waals surface area contributed by atoms with Crippen molar-refractivity contribution < 1.29 is 4.79 Å². The molecule has 28 heavy (non-hydrogen) atoms. The quantitative estimate of drug-likeness (QED) is 0.793. The molecule has 6 nitrogen and oxygen atoms in total. The summed E-state index contributed by atoms with van der Waals surface area (Å²) in [6.07, 6.45) is 2.82. The van der Waals surface area contributed by atoms with Crippen molar-refractivity contribution in [3.05, 3.63) is 41.5 Å². The SMILES string of the molecule is Cc1nc(C)n(Cc2cccc(NCC3CCN(C(=O)CC(C)C)CC3)c2)n1. The molecule has 0 bridgehead atoms. The summed E-state index contributed by atoms with van der Waals surface area (Å²) in [5.41, 5.74) is 2.36. The lowest BCUT2D eigenvalue weighted by atomic mass is 9.96. The second-order valence-electron chi connectivity index (χ2n) is 8.37. The number of nitrogens with one attached hydrogen (secondary N) is 1. The Hall–Kier alpha value is -2.37. The van der Waals surface area contributed by atoms with Gasteiger partial charge < -0.3 is 10.2 Å². The Morgan fingerprint density at radius 3 is 2.64 bits per heavy atom. The van der Waals surface area contributed by atoms with Crippen molar-refractivity contribution in [2.45, 2.75) is 53.5 Å². The Morgan fingerprint density at radius 2 is 2.00 bits per heavy atom. The van der Waals surface area contributed by atoms with Gasteiger partial charge >= 0.3 is 0 Å². The first-order valence-electron chi connectivity index (χ1n) is 10.4. The third-order valence-corrected chi connectivity index (χ3v) is 5.37. The molecule has 0 atom stereocenters. The highest BCUT2D eigenvalue weighted by Crippen LogP contribution is 2.20. The summed E-state index contributed by atoms with van der Waals surface area (Å²) in [4.78, 5) is 18.6. The van der Waals surface area contributed by atoms with Crippen LogP contribution in [0.5, 0.6) is 0 Å². The fraction of sp³-hybridized carbons (Fsp3) is 0.591. The van der Waals surface area contributed by atoms with Gasteiger partial charge in [0, 0.05) is 31.7 Å². The Balaban J connectivity index is 1.48. The highest BCUT2D eigenvalue weighted by Gasteiger charge is 2.22. The van der Waals surface area contributed by atoms with E-state index in [-0.39, 0.29) is 0 Å². The number of amides is 1. The van der Waals surface area contributed by atoms with Crippen LogP contribution in [0.3, 0.4) is 0 Å². The van der Waals surface area contributed by atoms with Crippen LogP contribution < -0.4 is 5.32 Å². The first-order chi connectivity index (χ1) is 13.4. The topological polar surface area (TPSA) is 63.1 Å². The molecule has 1 fully saturated rings. The number of likely N-dealkylation sites (tertiary alicyclic amines) is 1. The molecule has 1 aromatic heterocycles. The highest BCUT2D eigenvalue weighted by molar-refractivity contribution is 5.76. The smallest absolute Gasteiger partial charge is 0.222 e. The molecule has 6 heteroatoms. The minimum absolute atomic E-state index is 0.313. The number of hydrogen-bond acceptors (Lipinski definition) is 4. The molecular formula is C22H33N5O. The van der Waals surface area contributed by atoms with E-state index in [4.69, 9.17) is 0 Å². The Labute approximate surface area is 168 Å². The van der Waals surface area contributed by atoms with Crippen LogP contribution in [0.15, 0.2) is 24.3 Å². The predicted octanol–water partition coefficient (Wildman–Crippen LogP) is 3.64. The van der Waals surface area contributed by atoms with E-state index in [1.807, 2.05) is 23.4 Å². The van der Waals surface area contributed by atoms with Crippen molar-refractivity contribution in [3.63, 3.8) is 0 Å². The van der Waals surface area contributed by atoms with E-state index in [2.05, 4.69) is 53.5 Å². The van der Waals surface area contributed by atoms with E-state index >= 15 is 0 Å². The number of carbonyl (C=O) groups is 1. The van der Waals surface area contributed by atoms with E-state index in [0.29, 0.717) is 24.2 Å². The van der Waals surface area contributed by atoms with Crippen LogP contribution in [0, 0.1) is 25.7 Å². The maximum absolute atomic E-state index is 12.2. The Morgan fingerprint density at radius 1 is 1.25 bits per heavy atom.